The fraction of sp³-hybridized carbons (Fsp3) is 0.292. The van der Waals surface area contributed by atoms with Crippen LogP contribution in [0, 0.1) is 5.92 Å². The van der Waals surface area contributed by atoms with Crippen LogP contribution in [0.4, 0.5) is 24.7 Å². The van der Waals surface area contributed by atoms with Crippen molar-refractivity contribution < 1.29 is 42.2 Å². The van der Waals surface area contributed by atoms with Gasteiger partial charge in [-0.1, -0.05) is 17.7 Å². The Morgan fingerprint density at radius 3 is 2.34 bits per heavy atom. The number of pyridine rings is 1. The molecule has 1 fully saturated rings. The van der Waals surface area contributed by atoms with Crippen molar-refractivity contribution in [1.82, 2.24) is 10.3 Å². The summed E-state index contributed by atoms with van der Waals surface area (Å²) in [5.41, 5.74) is 1.22. The highest BCUT2D eigenvalue weighted by Crippen LogP contribution is 2.23. The molecule has 0 radical (unpaired) electrons. The van der Waals surface area contributed by atoms with Crippen LogP contribution in [0.1, 0.15) is 28.8 Å². The number of alkyl halides is 3. The third-order valence-electron chi connectivity index (χ3n) is 5.08. The minimum absolute atomic E-state index is 0.117. The molecule has 0 saturated carbocycles. The number of piperidine rings is 1. The second-order valence-electron chi connectivity index (χ2n) is 7.79. The smallest absolute Gasteiger partial charge is 0.475 e. The van der Waals surface area contributed by atoms with Crippen molar-refractivity contribution in [2.45, 2.75) is 19.0 Å². The Morgan fingerprint density at radius 1 is 1.13 bits per heavy atom. The van der Waals surface area contributed by atoms with Crippen LogP contribution in [-0.2, 0) is 19.1 Å². The number of nitrogens with zero attached hydrogens (tertiary/aromatic N) is 1. The molecule has 0 spiro atoms. The van der Waals surface area contributed by atoms with E-state index in [4.69, 9.17) is 21.5 Å². The van der Waals surface area contributed by atoms with Crippen molar-refractivity contribution in [3.05, 3.63) is 58.8 Å². The molecular weight excluding hydrogens is 533 g/mol. The molecule has 0 atom stereocenters. The van der Waals surface area contributed by atoms with Crippen LogP contribution >= 0.6 is 11.6 Å². The van der Waals surface area contributed by atoms with Gasteiger partial charge in [-0.15, -0.1) is 0 Å². The summed E-state index contributed by atoms with van der Waals surface area (Å²) >= 11 is 5.84. The van der Waals surface area contributed by atoms with Gasteiger partial charge in [0, 0.05) is 18.2 Å². The van der Waals surface area contributed by atoms with E-state index in [2.05, 4.69) is 25.7 Å². The number of hydrogen-bond donors (Lipinski definition) is 4. The van der Waals surface area contributed by atoms with Crippen molar-refractivity contribution in [2.24, 2.45) is 5.92 Å². The number of hydrogen-bond acceptors (Lipinski definition) is 7. The van der Waals surface area contributed by atoms with Crippen LogP contribution in [0.5, 0.6) is 0 Å². The van der Waals surface area contributed by atoms with Crippen LogP contribution in [0.25, 0.3) is 6.08 Å². The number of carboxylic acids is 1. The lowest BCUT2D eigenvalue weighted by atomic mass is 9.97. The molecule has 204 valence electrons. The molecule has 3 rings (SSSR count). The number of carboxylic acid groups (broad SMARTS) is 1. The highest BCUT2D eigenvalue weighted by atomic mass is 35.5. The van der Waals surface area contributed by atoms with Crippen molar-refractivity contribution in [1.29, 1.82) is 0 Å². The van der Waals surface area contributed by atoms with E-state index in [9.17, 15) is 27.6 Å². The van der Waals surface area contributed by atoms with E-state index in [1.165, 1.54) is 25.5 Å². The Bertz CT molecular complexity index is 1180. The van der Waals surface area contributed by atoms with Gasteiger partial charge in [-0.05, 0) is 61.8 Å². The van der Waals surface area contributed by atoms with E-state index >= 15 is 0 Å². The number of nitrogens with one attached hydrogen (secondary N) is 3. The lowest BCUT2D eigenvalue weighted by Crippen LogP contribution is -2.35. The number of benzene rings is 1. The fourth-order valence-electron chi connectivity index (χ4n) is 3.15. The van der Waals surface area contributed by atoms with E-state index in [-0.39, 0.29) is 17.4 Å². The molecule has 0 aliphatic carbocycles. The number of aliphatic carboxylic acids is 1. The van der Waals surface area contributed by atoms with Gasteiger partial charge in [0.25, 0.3) is 5.91 Å². The van der Waals surface area contributed by atoms with Gasteiger partial charge in [0.2, 0.25) is 5.91 Å². The first-order valence-corrected chi connectivity index (χ1v) is 11.4. The lowest BCUT2D eigenvalue weighted by Gasteiger charge is -2.22. The number of aromatic nitrogens is 1. The summed E-state index contributed by atoms with van der Waals surface area (Å²) in [4.78, 5) is 50.0. The maximum Gasteiger partial charge on any atom is 0.490 e. The van der Waals surface area contributed by atoms with Crippen molar-refractivity contribution in [3.63, 3.8) is 0 Å². The number of esters is 1. The molecule has 0 unspecified atom stereocenters. The second-order valence-corrected chi connectivity index (χ2v) is 8.23. The third-order valence-corrected chi connectivity index (χ3v) is 5.30. The van der Waals surface area contributed by atoms with E-state index < -0.39 is 24.0 Å². The summed E-state index contributed by atoms with van der Waals surface area (Å²) in [6.07, 6.45) is 0.600. The SMILES string of the molecule is COC(=O)C=Cc1ccc(NC(=O)C2CCNCC2)c(C(=O)Nc2ccc(Cl)cn2)c1.O=C(O)C(F)(F)F. The summed E-state index contributed by atoms with van der Waals surface area (Å²) in [7, 11) is 1.28. The Hall–Kier alpha value is -3.97. The number of amides is 2. The van der Waals surface area contributed by atoms with Gasteiger partial charge in [0.05, 0.1) is 23.4 Å². The zero-order chi connectivity index (χ0) is 28.3. The maximum absolute atomic E-state index is 13.0. The predicted molar refractivity (Wildman–Crippen MR) is 133 cm³/mol. The first-order valence-electron chi connectivity index (χ1n) is 11.1. The zero-order valence-electron chi connectivity index (χ0n) is 20.0. The molecule has 1 aromatic carbocycles. The molecule has 2 heterocycles. The summed E-state index contributed by atoms with van der Waals surface area (Å²) in [6, 6.07) is 8.12. The highest BCUT2D eigenvalue weighted by molar-refractivity contribution is 6.30. The monoisotopic (exact) mass is 556 g/mol. The largest absolute Gasteiger partial charge is 0.490 e. The number of methoxy groups -OCH3 is 1. The molecule has 1 saturated heterocycles. The molecule has 1 aliphatic rings. The van der Waals surface area contributed by atoms with Crippen LogP contribution in [0.3, 0.4) is 0 Å². The van der Waals surface area contributed by atoms with Crippen molar-refractivity contribution in [3.8, 4) is 0 Å². The summed E-state index contributed by atoms with van der Waals surface area (Å²) < 4.78 is 36.3. The van der Waals surface area contributed by atoms with E-state index in [1.54, 1.807) is 30.3 Å². The predicted octanol–water partition coefficient (Wildman–Crippen LogP) is 3.74. The van der Waals surface area contributed by atoms with Crippen LogP contribution in [0.15, 0.2) is 42.6 Å². The standard InChI is InChI=1S/C22H23ClN4O4.C2HF3O2/c1-31-20(28)7-3-14-2-5-18(26-21(29)15-8-10-24-11-9-15)17(12-14)22(30)27-19-6-4-16(23)13-25-19;3-2(4,5)1(6)7/h2-7,12-13,15,24H,8-11H2,1H3,(H,26,29)(H,25,27,30);(H,6,7). The van der Waals surface area contributed by atoms with Crippen LogP contribution < -0.4 is 16.0 Å². The molecular formula is C24H24ClF3N4O6. The van der Waals surface area contributed by atoms with Gasteiger partial charge in [-0.25, -0.2) is 14.6 Å². The molecule has 38 heavy (non-hydrogen) atoms. The Balaban J connectivity index is 0.000000638. The van der Waals surface area contributed by atoms with Gasteiger partial charge < -0.3 is 25.8 Å². The first-order chi connectivity index (χ1) is 17.9. The number of halogens is 4. The zero-order valence-corrected chi connectivity index (χ0v) is 20.7. The highest BCUT2D eigenvalue weighted by Gasteiger charge is 2.38. The molecule has 0 bridgehead atoms. The summed E-state index contributed by atoms with van der Waals surface area (Å²) in [6.45, 7) is 1.57. The minimum atomic E-state index is -5.08. The normalized spacial score (nSPS) is 13.7. The van der Waals surface area contributed by atoms with Crippen LogP contribution in [0.2, 0.25) is 5.02 Å². The van der Waals surface area contributed by atoms with Gasteiger partial charge in [0.15, 0.2) is 0 Å². The molecule has 4 N–H and O–H groups in total. The number of anilines is 2. The lowest BCUT2D eigenvalue weighted by molar-refractivity contribution is -0.192. The van der Waals surface area contributed by atoms with Gasteiger partial charge in [0.1, 0.15) is 5.82 Å². The fourth-order valence-corrected chi connectivity index (χ4v) is 3.26. The number of rotatable bonds is 6. The number of carbonyl (C=O) groups is 4. The average Bonchev–Trinajstić information content (AvgIpc) is 2.89. The topological polar surface area (TPSA) is 147 Å². The molecule has 1 aromatic heterocycles. The summed E-state index contributed by atoms with van der Waals surface area (Å²) in [5, 5.41) is 16.4. The van der Waals surface area contributed by atoms with E-state index in [0.29, 0.717) is 22.1 Å². The molecule has 1 aliphatic heterocycles. The third kappa shape index (κ3) is 9.82. The number of ether oxygens (including phenoxy) is 1. The average molecular weight is 557 g/mol. The van der Waals surface area contributed by atoms with E-state index in [1.807, 2.05) is 0 Å². The molecule has 10 nitrogen and oxygen atoms in total. The first kappa shape index (κ1) is 30.3. The maximum atomic E-state index is 13.0. The molecule has 14 heteroatoms. The Labute approximate surface area is 220 Å². The van der Waals surface area contributed by atoms with E-state index in [0.717, 1.165) is 25.9 Å². The quantitative estimate of drug-likeness (QED) is 0.311. The van der Waals surface area contributed by atoms with Crippen LogP contribution in [-0.4, -0.2) is 60.2 Å². The minimum Gasteiger partial charge on any atom is -0.475 e. The van der Waals surface area contributed by atoms with Crippen molar-refractivity contribution in [2.75, 3.05) is 30.8 Å². The van der Waals surface area contributed by atoms with Gasteiger partial charge >= 0.3 is 18.1 Å². The second kappa shape index (κ2) is 14.1. The van der Waals surface area contributed by atoms with Crippen molar-refractivity contribution >= 4 is 52.9 Å². The summed E-state index contributed by atoms with van der Waals surface area (Å²) in [5.74, 6) is -3.65. The molecule has 2 aromatic rings. The Morgan fingerprint density at radius 2 is 1.79 bits per heavy atom. The van der Waals surface area contributed by atoms with Gasteiger partial charge in [-0.3, -0.25) is 9.59 Å². The Kier molecular flexibility index (Phi) is 11.2. The van der Waals surface area contributed by atoms with Gasteiger partial charge in [-0.2, -0.15) is 13.2 Å². The molecule has 2 amide bonds. The number of carbonyl (C=O) groups excluding carboxylic acids is 3.